The highest BCUT2D eigenvalue weighted by molar-refractivity contribution is 5.94. The van der Waals surface area contributed by atoms with Crippen LogP contribution in [0.2, 0.25) is 0 Å². The van der Waals surface area contributed by atoms with Gasteiger partial charge >= 0.3 is 5.97 Å². The zero-order chi connectivity index (χ0) is 21.1. The van der Waals surface area contributed by atoms with Gasteiger partial charge in [0.05, 0.1) is 11.4 Å². The number of aromatic nitrogens is 2. The van der Waals surface area contributed by atoms with E-state index in [-0.39, 0.29) is 24.3 Å². The maximum absolute atomic E-state index is 12.5. The first kappa shape index (κ1) is 20.6. The zero-order valence-electron chi connectivity index (χ0n) is 16.9. The quantitative estimate of drug-likeness (QED) is 0.773. The maximum Gasteiger partial charge on any atom is 0.303 e. The SMILES string of the molecule is Cc1nn(-c2ccc(C(=O)NC3CCC(=O)N(C)C3)cc2)c(C)c1CCC(=O)O. The van der Waals surface area contributed by atoms with Crippen molar-refractivity contribution in [1.82, 2.24) is 20.0 Å². The molecule has 0 bridgehead atoms. The molecule has 2 aromatic rings. The Labute approximate surface area is 169 Å². The number of likely N-dealkylation sites (tertiary alicyclic amines) is 1. The summed E-state index contributed by atoms with van der Waals surface area (Å²) in [5, 5.41) is 16.4. The lowest BCUT2D eigenvalue weighted by atomic mass is 10.0. The standard InChI is InChI=1S/C21H26N4O4/c1-13-18(9-11-20(27)28)14(2)25(23-13)17-7-4-15(5-8-17)21(29)22-16-6-10-19(26)24(3)12-16/h4-5,7-8,16H,6,9-12H2,1-3H3,(H,22,29)(H,27,28). The van der Waals surface area contributed by atoms with E-state index in [0.29, 0.717) is 31.4 Å². The van der Waals surface area contributed by atoms with Gasteiger partial charge in [-0.3, -0.25) is 14.4 Å². The van der Waals surface area contributed by atoms with Crippen LogP contribution in [0.4, 0.5) is 0 Å². The summed E-state index contributed by atoms with van der Waals surface area (Å²) in [6.07, 6.45) is 1.60. The number of carboxylic acids is 1. The van der Waals surface area contributed by atoms with E-state index in [1.807, 2.05) is 26.0 Å². The molecule has 2 N–H and O–H groups in total. The highest BCUT2D eigenvalue weighted by atomic mass is 16.4. The van der Waals surface area contributed by atoms with E-state index >= 15 is 0 Å². The van der Waals surface area contributed by atoms with Crippen molar-refractivity contribution in [2.24, 2.45) is 0 Å². The minimum Gasteiger partial charge on any atom is -0.481 e. The molecule has 1 fully saturated rings. The number of aliphatic carboxylic acids is 1. The van der Waals surface area contributed by atoms with Crippen LogP contribution in [0.3, 0.4) is 0 Å². The maximum atomic E-state index is 12.5. The van der Waals surface area contributed by atoms with Crippen LogP contribution in [0, 0.1) is 13.8 Å². The van der Waals surface area contributed by atoms with E-state index in [9.17, 15) is 14.4 Å². The van der Waals surface area contributed by atoms with Gasteiger partial charge in [-0.05, 0) is 56.5 Å². The Kier molecular flexibility index (Phi) is 6.00. The van der Waals surface area contributed by atoms with Gasteiger partial charge in [0.1, 0.15) is 0 Å². The Morgan fingerprint density at radius 2 is 1.93 bits per heavy atom. The van der Waals surface area contributed by atoms with Crippen LogP contribution < -0.4 is 5.32 Å². The topological polar surface area (TPSA) is 105 Å². The Morgan fingerprint density at radius 3 is 2.55 bits per heavy atom. The molecule has 1 aromatic heterocycles. The normalized spacial score (nSPS) is 16.7. The molecule has 0 spiro atoms. The lowest BCUT2D eigenvalue weighted by Crippen LogP contribution is -2.48. The molecule has 3 rings (SSSR count). The van der Waals surface area contributed by atoms with Crippen LogP contribution in [0.15, 0.2) is 24.3 Å². The average molecular weight is 398 g/mol. The molecule has 0 radical (unpaired) electrons. The first-order chi connectivity index (χ1) is 13.8. The van der Waals surface area contributed by atoms with Crippen LogP contribution in [0.5, 0.6) is 0 Å². The van der Waals surface area contributed by atoms with E-state index in [4.69, 9.17) is 5.11 Å². The fraction of sp³-hybridized carbons (Fsp3) is 0.429. The molecule has 1 atom stereocenters. The fourth-order valence-corrected chi connectivity index (χ4v) is 3.67. The number of carboxylic acid groups (broad SMARTS) is 1. The van der Waals surface area contributed by atoms with Gasteiger partial charge in [0.2, 0.25) is 5.91 Å². The predicted molar refractivity (Wildman–Crippen MR) is 107 cm³/mol. The molecule has 1 aromatic carbocycles. The van der Waals surface area contributed by atoms with Gasteiger partial charge in [-0.15, -0.1) is 0 Å². The summed E-state index contributed by atoms with van der Waals surface area (Å²) in [5.74, 6) is -0.896. The predicted octanol–water partition coefficient (Wildman–Crippen LogP) is 1.86. The van der Waals surface area contributed by atoms with Crippen molar-refractivity contribution in [2.45, 2.75) is 45.6 Å². The molecule has 1 aliphatic rings. The molecule has 29 heavy (non-hydrogen) atoms. The van der Waals surface area contributed by atoms with E-state index in [0.717, 1.165) is 22.6 Å². The Balaban J connectivity index is 1.70. The number of piperidine rings is 1. The summed E-state index contributed by atoms with van der Waals surface area (Å²) in [6, 6.07) is 7.10. The van der Waals surface area contributed by atoms with Crippen LogP contribution in [-0.4, -0.2) is 57.2 Å². The van der Waals surface area contributed by atoms with Gasteiger partial charge in [-0.25, -0.2) is 4.68 Å². The Bertz CT molecular complexity index is 933. The number of likely N-dealkylation sites (N-methyl/N-ethyl adjacent to an activating group) is 1. The third-order valence-corrected chi connectivity index (χ3v) is 5.37. The largest absolute Gasteiger partial charge is 0.481 e. The molecule has 8 heteroatoms. The number of hydrogen-bond acceptors (Lipinski definition) is 4. The molecule has 1 saturated heterocycles. The second-order valence-electron chi connectivity index (χ2n) is 7.49. The molecular formula is C21H26N4O4. The number of nitrogens with one attached hydrogen (secondary N) is 1. The number of rotatable bonds is 6. The molecule has 2 amide bonds. The smallest absolute Gasteiger partial charge is 0.303 e. The molecular weight excluding hydrogens is 372 g/mol. The second-order valence-corrected chi connectivity index (χ2v) is 7.49. The second kappa shape index (κ2) is 8.46. The molecule has 8 nitrogen and oxygen atoms in total. The van der Waals surface area contributed by atoms with E-state index in [1.165, 1.54) is 0 Å². The van der Waals surface area contributed by atoms with Crippen molar-refractivity contribution in [3.8, 4) is 5.69 Å². The minimum atomic E-state index is -0.833. The Hall–Kier alpha value is -3.16. The molecule has 1 unspecified atom stereocenters. The molecule has 0 saturated carbocycles. The van der Waals surface area contributed by atoms with Gasteiger partial charge < -0.3 is 15.3 Å². The minimum absolute atomic E-state index is 0.0438. The number of hydrogen-bond donors (Lipinski definition) is 2. The first-order valence-electron chi connectivity index (χ1n) is 9.68. The summed E-state index contributed by atoms with van der Waals surface area (Å²) in [4.78, 5) is 36.6. The zero-order valence-corrected chi connectivity index (χ0v) is 16.9. The summed E-state index contributed by atoms with van der Waals surface area (Å²) in [7, 11) is 1.74. The number of carbonyl (C=O) groups excluding carboxylic acids is 2. The van der Waals surface area contributed by atoms with Crippen molar-refractivity contribution < 1.29 is 19.5 Å². The fourth-order valence-electron chi connectivity index (χ4n) is 3.67. The number of aryl methyl sites for hydroxylation is 1. The van der Waals surface area contributed by atoms with Crippen LogP contribution in [0.25, 0.3) is 5.69 Å². The van der Waals surface area contributed by atoms with Crippen molar-refractivity contribution in [3.63, 3.8) is 0 Å². The molecule has 154 valence electrons. The highest BCUT2D eigenvalue weighted by Gasteiger charge is 2.24. The van der Waals surface area contributed by atoms with Crippen LogP contribution in [-0.2, 0) is 16.0 Å². The summed E-state index contributed by atoms with van der Waals surface area (Å²) in [5.41, 5.74) is 4.00. The molecule has 1 aliphatic heterocycles. The first-order valence-corrected chi connectivity index (χ1v) is 9.68. The van der Waals surface area contributed by atoms with Crippen molar-refractivity contribution in [2.75, 3.05) is 13.6 Å². The lowest BCUT2D eigenvalue weighted by Gasteiger charge is -2.30. The average Bonchev–Trinajstić information content (AvgIpc) is 2.97. The summed E-state index contributed by atoms with van der Waals surface area (Å²) in [6.45, 7) is 4.31. The van der Waals surface area contributed by atoms with E-state index in [2.05, 4.69) is 10.4 Å². The van der Waals surface area contributed by atoms with Crippen molar-refractivity contribution in [3.05, 3.63) is 46.8 Å². The number of carbonyl (C=O) groups is 3. The van der Waals surface area contributed by atoms with Gasteiger partial charge in [0.25, 0.3) is 5.91 Å². The highest BCUT2D eigenvalue weighted by Crippen LogP contribution is 2.20. The number of benzene rings is 1. The number of nitrogens with zero attached hydrogens (tertiary/aromatic N) is 3. The molecule has 0 aliphatic carbocycles. The van der Waals surface area contributed by atoms with Crippen LogP contribution in [0.1, 0.15) is 46.6 Å². The van der Waals surface area contributed by atoms with Gasteiger partial charge in [0.15, 0.2) is 0 Å². The lowest BCUT2D eigenvalue weighted by molar-refractivity contribution is -0.137. The van der Waals surface area contributed by atoms with Crippen molar-refractivity contribution >= 4 is 17.8 Å². The van der Waals surface area contributed by atoms with Crippen LogP contribution >= 0.6 is 0 Å². The summed E-state index contributed by atoms with van der Waals surface area (Å²) < 4.78 is 1.77. The third kappa shape index (κ3) is 4.64. The Morgan fingerprint density at radius 1 is 1.24 bits per heavy atom. The van der Waals surface area contributed by atoms with E-state index < -0.39 is 5.97 Å². The van der Waals surface area contributed by atoms with Crippen molar-refractivity contribution in [1.29, 1.82) is 0 Å². The van der Waals surface area contributed by atoms with Gasteiger partial charge in [-0.1, -0.05) is 0 Å². The number of amides is 2. The van der Waals surface area contributed by atoms with Gasteiger partial charge in [0, 0.05) is 43.7 Å². The monoisotopic (exact) mass is 398 g/mol. The van der Waals surface area contributed by atoms with Gasteiger partial charge in [-0.2, -0.15) is 5.10 Å². The summed E-state index contributed by atoms with van der Waals surface area (Å²) >= 11 is 0. The van der Waals surface area contributed by atoms with E-state index in [1.54, 1.807) is 28.8 Å². The molecule has 2 heterocycles. The third-order valence-electron chi connectivity index (χ3n) is 5.37.